The molecule has 1 rings (SSSR count). The summed E-state index contributed by atoms with van der Waals surface area (Å²) in [5, 5.41) is 9.91. The number of carbonyl (C=O) groups excluding carboxylic acids is 1. The largest absolute Gasteiger partial charge is 0.459 e. The molecule has 2 unspecified atom stereocenters. The third-order valence-electron chi connectivity index (χ3n) is 2.64. The summed E-state index contributed by atoms with van der Waals surface area (Å²) in [6.45, 7) is 7.69. The van der Waals surface area contributed by atoms with Crippen molar-refractivity contribution in [3.05, 3.63) is 0 Å². The fourth-order valence-corrected chi connectivity index (χ4v) is 1.68. The zero-order valence-electron chi connectivity index (χ0n) is 8.70. The van der Waals surface area contributed by atoms with Gasteiger partial charge >= 0.3 is 5.97 Å². The highest BCUT2D eigenvalue weighted by Gasteiger charge is 2.44. The Kier molecular flexibility index (Phi) is 2.66. The van der Waals surface area contributed by atoms with E-state index in [9.17, 15) is 9.90 Å². The number of esters is 1. The van der Waals surface area contributed by atoms with E-state index in [0.717, 1.165) is 0 Å². The van der Waals surface area contributed by atoms with Gasteiger partial charge in [0.2, 0.25) is 0 Å². The number of hydrogen-bond donors (Lipinski definition) is 1. The van der Waals surface area contributed by atoms with Crippen LogP contribution in [0.2, 0.25) is 0 Å². The molecule has 13 heavy (non-hydrogen) atoms. The molecule has 0 aromatic carbocycles. The number of ether oxygens (including phenoxy) is 1. The number of hydrogen-bond acceptors (Lipinski definition) is 3. The second-order valence-electron chi connectivity index (χ2n) is 4.81. The third-order valence-corrected chi connectivity index (χ3v) is 2.64. The van der Waals surface area contributed by atoms with Gasteiger partial charge in [0.25, 0.3) is 0 Å². The molecule has 1 saturated heterocycles. The lowest BCUT2D eigenvalue weighted by molar-refractivity contribution is -0.185. The fraction of sp³-hybridized carbons (Fsp3) is 0.900. The molecular weight excluding hydrogens is 168 g/mol. The first-order valence-electron chi connectivity index (χ1n) is 4.72. The van der Waals surface area contributed by atoms with Crippen LogP contribution in [-0.2, 0) is 9.53 Å². The van der Waals surface area contributed by atoms with Crippen LogP contribution in [-0.4, -0.2) is 23.3 Å². The van der Waals surface area contributed by atoms with Gasteiger partial charge in [0.05, 0.1) is 12.5 Å². The smallest absolute Gasteiger partial charge is 0.306 e. The van der Waals surface area contributed by atoms with Gasteiger partial charge in [-0.15, -0.1) is 0 Å². The van der Waals surface area contributed by atoms with E-state index in [1.165, 1.54) is 0 Å². The Balaban J connectivity index is 2.81. The van der Waals surface area contributed by atoms with Crippen LogP contribution in [0.3, 0.4) is 0 Å². The van der Waals surface area contributed by atoms with Gasteiger partial charge in [0.1, 0.15) is 6.10 Å². The van der Waals surface area contributed by atoms with Gasteiger partial charge in [0, 0.05) is 5.41 Å². The molecule has 1 N–H and O–H groups in total. The zero-order chi connectivity index (χ0) is 10.2. The molecule has 2 atom stereocenters. The van der Waals surface area contributed by atoms with Crippen molar-refractivity contribution < 1.29 is 14.6 Å². The maximum atomic E-state index is 11.2. The predicted octanol–water partition coefficient (Wildman–Crippen LogP) is 1.34. The second kappa shape index (κ2) is 3.29. The van der Waals surface area contributed by atoms with Crippen LogP contribution in [0.25, 0.3) is 0 Å². The van der Waals surface area contributed by atoms with Gasteiger partial charge in [-0.2, -0.15) is 0 Å². The van der Waals surface area contributed by atoms with Crippen LogP contribution in [0.15, 0.2) is 0 Å². The van der Waals surface area contributed by atoms with E-state index >= 15 is 0 Å². The molecule has 1 heterocycles. The van der Waals surface area contributed by atoms with Crippen LogP contribution in [0.5, 0.6) is 0 Å². The van der Waals surface area contributed by atoms with Crippen LogP contribution >= 0.6 is 0 Å². The van der Waals surface area contributed by atoms with E-state index in [-0.39, 0.29) is 23.4 Å². The Hall–Kier alpha value is -0.570. The highest BCUT2D eigenvalue weighted by atomic mass is 16.6. The summed E-state index contributed by atoms with van der Waals surface area (Å²) in [5.74, 6) is -0.0347. The number of carbonyl (C=O) groups is 1. The summed E-state index contributed by atoms with van der Waals surface area (Å²) < 4.78 is 5.11. The Labute approximate surface area is 79.1 Å². The van der Waals surface area contributed by atoms with E-state index in [0.29, 0.717) is 6.42 Å². The molecule has 0 saturated carbocycles. The molecule has 0 bridgehead atoms. The molecule has 0 spiro atoms. The van der Waals surface area contributed by atoms with E-state index in [1.807, 2.05) is 27.7 Å². The molecule has 0 aliphatic carbocycles. The van der Waals surface area contributed by atoms with Crippen molar-refractivity contribution in [3.63, 3.8) is 0 Å². The Morgan fingerprint density at radius 3 is 2.54 bits per heavy atom. The van der Waals surface area contributed by atoms with Gasteiger partial charge in [0.15, 0.2) is 0 Å². The number of aliphatic hydroxyl groups excluding tert-OH is 1. The van der Waals surface area contributed by atoms with Gasteiger partial charge in [-0.25, -0.2) is 0 Å². The van der Waals surface area contributed by atoms with Gasteiger partial charge in [-0.3, -0.25) is 4.79 Å². The lowest BCUT2D eigenvalue weighted by Gasteiger charge is -2.41. The normalized spacial score (nSPS) is 33.2. The molecule has 1 aliphatic heterocycles. The van der Waals surface area contributed by atoms with Crippen molar-refractivity contribution in [2.45, 2.75) is 46.3 Å². The zero-order valence-corrected chi connectivity index (χ0v) is 8.70. The Morgan fingerprint density at radius 1 is 1.54 bits per heavy atom. The monoisotopic (exact) mass is 186 g/mol. The number of rotatable bonds is 1. The minimum absolute atomic E-state index is 0.165. The summed E-state index contributed by atoms with van der Waals surface area (Å²) in [6.07, 6.45) is -0.598. The maximum Gasteiger partial charge on any atom is 0.306 e. The standard InChI is InChI=1S/C10H18O3/c1-6(2)8-9(12)10(3,4)5-7(11)13-8/h6,8-9,12H,5H2,1-4H3. The van der Waals surface area contributed by atoms with Gasteiger partial charge in [-0.1, -0.05) is 27.7 Å². The first-order chi connectivity index (χ1) is 5.84. The van der Waals surface area contributed by atoms with Crippen molar-refractivity contribution in [1.29, 1.82) is 0 Å². The summed E-state index contributed by atoms with van der Waals surface area (Å²) in [4.78, 5) is 11.2. The van der Waals surface area contributed by atoms with E-state index in [4.69, 9.17) is 4.74 Å². The number of aliphatic hydroxyl groups is 1. The molecule has 1 fully saturated rings. The van der Waals surface area contributed by atoms with Crippen LogP contribution in [0.4, 0.5) is 0 Å². The van der Waals surface area contributed by atoms with Crippen molar-refractivity contribution >= 4 is 5.97 Å². The molecule has 1 aliphatic rings. The van der Waals surface area contributed by atoms with Gasteiger partial charge < -0.3 is 9.84 Å². The molecule has 0 radical (unpaired) electrons. The van der Waals surface area contributed by atoms with Crippen LogP contribution < -0.4 is 0 Å². The molecule has 3 heteroatoms. The molecule has 0 amide bonds. The van der Waals surface area contributed by atoms with E-state index < -0.39 is 6.10 Å². The first kappa shape index (κ1) is 10.5. The molecular formula is C10H18O3. The lowest BCUT2D eigenvalue weighted by atomic mass is 9.76. The fourth-order valence-electron chi connectivity index (χ4n) is 1.68. The Morgan fingerprint density at radius 2 is 2.08 bits per heavy atom. The summed E-state index contributed by atoms with van der Waals surface area (Å²) in [7, 11) is 0. The summed E-state index contributed by atoms with van der Waals surface area (Å²) in [5.41, 5.74) is -0.357. The topological polar surface area (TPSA) is 46.5 Å². The average Bonchev–Trinajstić information content (AvgIpc) is 1.95. The minimum atomic E-state index is -0.551. The molecule has 3 nitrogen and oxygen atoms in total. The predicted molar refractivity (Wildman–Crippen MR) is 49.1 cm³/mol. The van der Waals surface area contributed by atoms with Crippen molar-refractivity contribution in [1.82, 2.24) is 0 Å². The van der Waals surface area contributed by atoms with E-state index in [1.54, 1.807) is 0 Å². The summed E-state index contributed by atoms with van der Waals surface area (Å²) >= 11 is 0. The highest BCUT2D eigenvalue weighted by Crippen LogP contribution is 2.35. The van der Waals surface area contributed by atoms with Crippen LogP contribution in [0.1, 0.15) is 34.1 Å². The molecule has 76 valence electrons. The minimum Gasteiger partial charge on any atom is -0.459 e. The maximum absolute atomic E-state index is 11.2. The quantitative estimate of drug-likeness (QED) is 0.629. The Bertz CT molecular complexity index is 208. The van der Waals surface area contributed by atoms with Crippen molar-refractivity contribution in [2.75, 3.05) is 0 Å². The third kappa shape index (κ3) is 2.02. The van der Waals surface area contributed by atoms with Gasteiger partial charge in [-0.05, 0) is 5.92 Å². The molecule has 0 aromatic rings. The molecule has 0 aromatic heterocycles. The number of cyclic esters (lactones) is 1. The first-order valence-corrected chi connectivity index (χ1v) is 4.72. The lowest BCUT2D eigenvalue weighted by Crippen LogP contribution is -2.50. The second-order valence-corrected chi connectivity index (χ2v) is 4.81. The van der Waals surface area contributed by atoms with Crippen molar-refractivity contribution in [3.8, 4) is 0 Å². The average molecular weight is 186 g/mol. The SMILES string of the molecule is CC(C)C1OC(=O)CC(C)(C)C1O. The summed E-state index contributed by atoms with van der Waals surface area (Å²) in [6, 6.07) is 0. The van der Waals surface area contributed by atoms with E-state index in [2.05, 4.69) is 0 Å². The van der Waals surface area contributed by atoms with Crippen LogP contribution in [0, 0.1) is 11.3 Å². The van der Waals surface area contributed by atoms with Crippen molar-refractivity contribution in [2.24, 2.45) is 11.3 Å². The highest BCUT2D eigenvalue weighted by molar-refractivity contribution is 5.71.